The van der Waals surface area contributed by atoms with Crippen LogP contribution in [0.15, 0.2) is 10.1 Å². The van der Waals surface area contributed by atoms with Crippen LogP contribution < -0.4 is 0 Å². The third kappa shape index (κ3) is 1.55. The molecule has 0 saturated carbocycles. The number of hydroxylamine groups is 2. The van der Waals surface area contributed by atoms with Gasteiger partial charge in [0.05, 0.1) is 18.5 Å². The second kappa shape index (κ2) is 2.60. The standard InChI is InChI=1S/C6H11N3O2/c1-6(2)8-5(3-7-10)4-9(6)11/h3,10-11H,4H2,1-2H3/b7-3-. The van der Waals surface area contributed by atoms with Crippen LogP contribution in [0.4, 0.5) is 0 Å². The summed E-state index contributed by atoms with van der Waals surface area (Å²) in [6.07, 6.45) is 1.22. The van der Waals surface area contributed by atoms with E-state index in [1.54, 1.807) is 13.8 Å². The molecule has 0 atom stereocenters. The lowest BCUT2D eigenvalue weighted by Crippen LogP contribution is -2.35. The van der Waals surface area contributed by atoms with E-state index in [9.17, 15) is 5.21 Å². The van der Waals surface area contributed by atoms with Gasteiger partial charge in [0.1, 0.15) is 5.66 Å². The highest BCUT2D eigenvalue weighted by atomic mass is 16.5. The molecule has 1 rings (SSSR count). The van der Waals surface area contributed by atoms with E-state index in [4.69, 9.17) is 5.21 Å². The van der Waals surface area contributed by atoms with E-state index in [2.05, 4.69) is 10.1 Å². The van der Waals surface area contributed by atoms with E-state index >= 15 is 0 Å². The minimum atomic E-state index is -0.601. The lowest BCUT2D eigenvalue weighted by Gasteiger charge is -2.21. The van der Waals surface area contributed by atoms with Crippen molar-refractivity contribution in [3.8, 4) is 0 Å². The summed E-state index contributed by atoms with van der Waals surface area (Å²) in [5, 5.41) is 21.3. The van der Waals surface area contributed by atoms with Gasteiger partial charge in [-0.05, 0) is 13.8 Å². The van der Waals surface area contributed by atoms with Gasteiger partial charge in [-0.15, -0.1) is 0 Å². The Morgan fingerprint density at radius 1 is 1.73 bits per heavy atom. The maximum absolute atomic E-state index is 9.23. The summed E-state index contributed by atoms with van der Waals surface area (Å²) >= 11 is 0. The van der Waals surface area contributed by atoms with Crippen LogP contribution in [0.2, 0.25) is 0 Å². The zero-order valence-corrected chi connectivity index (χ0v) is 6.52. The summed E-state index contributed by atoms with van der Waals surface area (Å²) in [6, 6.07) is 0. The first-order valence-corrected chi connectivity index (χ1v) is 3.29. The van der Waals surface area contributed by atoms with Crippen LogP contribution in [-0.4, -0.2) is 39.6 Å². The molecule has 5 heteroatoms. The van der Waals surface area contributed by atoms with E-state index in [1.807, 2.05) is 0 Å². The van der Waals surface area contributed by atoms with Crippen LogP contribution in [0.3, 0.4) is 0 Å². The summed E-state index contributed by atoms with van der Waals surface area (Å²) in [5.74, 6) is 0. The Morgan fingerprint density at radius 3 is 2.73 bits per heavy atom. The van der Waals surface area contributed by atoms with E-state index in [0.717, 1.165) is 5.06 Å². The smallest absolute Gasteiger partial charge is 0.130 e. The zero-order valence-electron chi connectivity index (χ0n) is 6.52. The Bertz CT molecular complexity index is 210. The maximum Gasteiger partial charge on any atom is 0.130 e. The molecular weight excluding hydrogens is 146 g/mol. The summed E-state index contributed by atoms with van der Waals surface area (Å²) in [6.45, 7) is 3.84. The lowest BCUT2D eigenvalue weighted by molar-refractivity contribution is -0.136. The van der Waals surface area contributed by atoms with E-state index in [1.165, 1.54) is 6.21 Å². The maximum atomic E-state index is 9.23. The molecule has 11 heavy (non-hydrogen) atoms. The first-order valence-electron chi connectivity index (χ1n) is 3.29. The largest absolute Gasteiger partial charge is 0.411 e. The Labute approximate surface area is 64.6 Å². The van der Waals surface area contributed by atoms with Crippen LogP contribution in [0.25, 0.3) is 0 Å². The minimum absolute atomic E-state index is 0.303. The normalized spacial score (nSPS) is 24.5. The number of oxime groups is 1. The Kier molecular flexibility index (Phi) is 1.92. The van der Waals surface area contributed by atoms with Crippen molar-refractivity contribution in [3.05, 3.63) is 0 Å². The van der Waals surface area contributed by atoms with Crippen LogP contribution in [0.5, 0.6) is 0 Å². The molecule has 1 aliphatic heterocycles. The highest BCUT2D eigenvalue weighted by molar-refractivity contribution is 6.32. The summed E-state index contributed by atoms with van der Waals surface area (Å²) in [7, 11) is 0. The average molecular weight is 157 g/mol. The quantitative estimate of drug-likeness (QED) is 0.327. The second-order valence-corrected chi connectivity index (χ2v) is 2.90. The predicted molar refractivity (Wildman–Crippen MR) is 40.3 cm³/mol. The van der Waals surface area contributed by atoms with Gasteiger partial charge in [0.2, 0.25) is 0 Å². The molecule has 1 aliphatic rings. The molecule has 0 radical (unpaired) electrons. The number of rotatable bonds is 1. The second-order valence-electron chi connectivity index (χ2n) is 2.90. The van der Waals surface area contributed by atoms with Crippen LogP contribution >= 0.6 is 0 Å². The van der Waals surface area contributed by atoms with Gasteiger partial charge in [0, 0.05) is 0 Å². The minimum Gasteiger partial charge on any atom is -0.411 e. The molecule has 0 saturated heterocycles. The van der Waals surface area contributed by atoms with Gasteiger partial charge in [-0.2, -0.15) is 5.06 Å². The fraction of sp³-hybridized carbons (Fsp3) is 0.667. The van der Waals surface area contributed by atoms with Gasteiger partial charge < -0.3 is 10.4 Å². The van der Waals surface area contributed by atoms with E-state index in [0.29, 0.717) is 12.3 Å². The molecule has 0 bridgehead atoms. The van der Waals surface area contributed by atoms with Crippen molar-refractivity contribution in [2.24, 2.45) is 10.1 Å². The van der Waals surface area contributed by atoms with Crippen molar-refractivity contribution >= 4 is 11.9 Å². The van der Waals surface area contributed by atoms with Crippen LogP contribution in [0.1, 0.15) is 13.8 Å². The van der Waals surface area contributed by atoms with Crippen molar-refractivity contribution in [1.82, 2.24) is 5.06 Å². The van der Waals surface area contributed by atoms with Crippen molar-refractivity contribution < 1.29 is 10.4 Å². The Hall–Kier alpha value is -0.940. The molecule has 1 heterocycles. The SMILES string of the molecule is CC1(C)N=C(/C=N\O)CN1O. The molecule has 5 nitrogen and oxygen atoms in total. The van der Waals surface area contributed by atoms with Gasteiger partial charge in [0.15, 0.2) is 0 Å². The highest BCUT2D eigenvalue weighted by Crippen LogP contribution is 2.18. The zero-order chi connectivity index (χ0) is 8.48. The molecule has 62 valence electrons. The lowest BCUT2D eigenvalue weighted by atomic mass is 10.3. The summed E-state index contributed by atoms with van der Waals surface area (Å²) in [5.41, 5.74) is -0.0312. The number of nitrogens with zero attached hydrogens (tertiary/aromatic N) is 3. The molecule has 0 spiro atoms. The first kappa shape index (κ1) is 8.16. The fourth-order valence-electron chi connectivity index (χ4n) is 0.928. The summed E-state index contributed by atoms with van der Waals surface area (Å²) < 4.78 is 0. The van der Waals surface area contributed by atoms with Gasteiger partial charge in [-0.25, -0.2) is 0 Å². The predicted octanol–water partition coefficient (Wildman–Crippen LogP) is 0.328. The molecule has 0 aliphatic carbocycles. The van der Waals surface area contributed by atoms with Crippen molar-refractivity contribution in [1.29, 1.82) is 0 Å². The van der Waals surface area contributed by atoms with Crippen LogP contribution in [-0.2, 0) is 0 Å². The molecule has 0 amide bonds. The van der Waals surface area contributed by atoms with E-state index in [-0.39, 0.29) is 0 Å². The highest BCUT2D eigenvalue weighted by Gasteiger charge is 2.31. The van der Waals surface area contributed by atoms with Gasteiger partial charge in [0.25, 0.3) is 0 Å². The number of hydrogen-bond donors (Lipinski definition) is 2. The van der Waals surface area contributed by atoms with Crippen molar-refractivity contribution in [2.75, 3.05) is 6.54 Å². The third-order valence-corrected chi connectivity index (χ3v) is 1.57. The first-order chi connectivity index (χ1) is 5.06. The molecule has 0 aromatic heterocycles. The van der Waals surface area contributed by atoms with Crippen LogP contribution in [0, 0.1) is 0 Å². The molecule has 0 fully saturated rings. The van der Waals surface area contributed by atoms with E-state index < -0.39 is 5.66 Å². The fourth-order valence-corrected chi connectivity index (χ4v) is 0.928. The van der Waals surface area contributed by atoms with Crippen molar-refractivity contribution in [2.45, 2.75) is 19.5 Å². The average Bonchev–Trinajstić information content (AvgIpc) is 2.08. The molecule has 2 N–H and O–H groups in total. The topological polar surface area (TPSA) is 68.4 Å². The summed E-state index contributed by atoms with van der Waals surface area (Å²) in [4.78, 5) is 4.07. The monoisotopic (exact) mass is 157 g/mol. The number of hydrogen-bond acceptors (Lipinski definition) is 5. The molecular formula is C6H11N3O2. The third-order valence-electron chi connectivity index (χ3n) is 1.57. The van der Waals surface area contributed by atoms with Gasteiger partial charge in [-0.1, -0.05) is 5.16 Å². The molecule has 0 unspecified atom stereocenters. The van der Waals surface area contributed by atoms with Gasteiger partial charge in [-0.3, -0.25) is 4.99 Å². The van der Waals surface area contributed by atoms with Crippen molar-refractivity contribution in [3.63, 3.8) is 0 Å². The van der Waals surface area contributed by atoms with Gasteiger partial charge >= 0.3 is 0 Å². The molecule has 0 aromatic carbocycles. The molecule has 0 aromatic rings. The number of aliphatic imine (C=N–C) groups is 1. The Morgan fingerprint density at radius 2 is 2.36 bits per heavy atom. The Balaban J connectivity index is 2.76.